The molecule has 2 N–H and O–H groups in total. The van der Waals surface area contributed by atoms with E-state index in [-0.39, 0.29) is 18.0 Å². The predicted molar refractivity (Wildman–Crippen MR) is 183 cm³/mol. The summed E-state index contributed by atoms with van der Waals surface area (Å²) in [4.78, 5) is 16.1. The number of hydrogen-bond acceptors (Lipinski definition) is 6. The SMILES string of the molecule is CNC[C@@H](Cc1ccc2ccccc2c1)N(C)C[C@H](Cc1ccc2ccccc2c1)NC(=O)c1cc(OC)c(OC)c(OC)c1. The van der Waals surface area contributed by atoms with Crippen LogP contribution in [0.1, 0.15) is 21.5 Å². The Morgan fingerprint density at radius 2 is 1.24 bits per heavy atom. The van der Waals surface area contributed by atoms with Gasteiger partial charge in [0.15, 0.2) is 11.5 Å². The normalized spacial score (nSPS) is 12.7. The fourth-order valence-corrected chi connectivity index (χ4v) is 6.05. The topological polar surface area (TPSA) is 72.1 Å². The number of ether oxygens (including phenoxy) is 3. The molecule has 0 aliphatic rings. The molecule has 7 nitrogen and oxygen atoms in total. The number of likely N-dealkylation sites (N-methyl/N-ethyl adjacent to an activating group) is 2. The first-order chi connectivity index (χ1) is 21.9. The molecule has 0 unspecified atom stereocenters. The number of amides is 1. The van der Waals surface area contributed by atoms with Crippen molar-refractivity contribution in [2.75, 3.05) is 48.5 Å². The number of carbonyl (C=O) groups excluding carboxylic acids is 1. The highest BCUT2D eigenvalue weighted by molar-refractivity contribution is 5.96. The number of hydrogen-bond donors (Lipinski definition) is 2. The van der Waals surface area contributed by atoms with E-state index in [1.54, 1.807) is 33.5 Å². The maximum absolute atomic E-state index is 13.8. The summed E-state index contributed by atoms with van der Waals surface area (Å²) in [5.41, 5.74) is 2.89. The third kappa shape index (κ3) is 7.74. The monoisotopic (exact) mass is 605 g/mol. The van der Waals surface area contributed by atoms with E-state index in [4.69, 9.17) is 14.2 Å². The van der Waals surface area contributed by atoms with Gasteiger partial charge in [0.25, 0.3) is 5.91 Å². The summed E-state index contributed by atoms with van der Waals surface area (Å²) in [7, 11) is 8.78. The van der Waals surface area contributed by atoms with Crippen molar-refractivity contribution in [2.45, 2.75) is 24.9 Å². The van der Waals surface area contributed by atoms with Gasteiger partial charge in [0, 0.05) is 30.7 Å². The van der Waals surface area contributed by atoms with Crippen LogP contribution in [-0.4, -0.2) is 71.4 Å². The molecule has 0 spiro atoms. The molecule has 0 saturated heterocycles. The quantitative estimate of drug-likeness (QED) is 0.159. The zero-order chi connectivity index (χ0) is 31.8. The van der Waals surface area contributed by atoms with Gasteiger partial charge in [0.05, 0.1) is 21.3 Å². The summed E-state index contributed by atoms with van der Waals surface area (Å²) in [6, 6.07) is 33.5. The van der Waals surface area contributed by atoms with Crippen LogP contribution in [0.15, 0.2) is 97.1 Å². The van der Waals surface area contributed by atoms with E-state index in [0.29, 0.717) is 35.8 Å². The van der Waals surface area contributed by atoms with Crippen molar-refractivity contribution in [1.29, 1.82) is 0 Å². The van der Waals surface area contributed by atoms with E-state index < -0.39 is 0 Å². The molecule has 0 bridgehead atoms. The lowest BCUT2D eigenvalue weighted by Crippen LogP contribution is -2.49. The number of carbonyl (C=O) groups is 1. The van der Waals surface area contributed by atoms with E-state index in [0.717, 1.165) is 18.5 Å². The van der Waals surface area contributed by atoms with Crippen molar-refractivity contribution in [3.63, 3.8) is 0 Å². The zero-order valence-electron chi connectivity index (χ0n) is 26.8. The van der Waals surface area contributed by atoms with Gasteiger partial charge in [-0.05, 0) is 71.7 Å². The molecule has 0 aromatic heterocycles. The van der Waals surface area contributed by atoms with Crippen LogP contribution in [0.4, 0.5) is 0 Å². The maximum Gasteiger partial charge on any atom is 0.251 e. The second-order valence-electron chi connectivity index (χ2n) is 11.5. The summed E-state index contributed by atoms with van der Waals surface area (Å²) >= 11 is 0. The number of nitrogens with one attached hydrogen (secondary N) is 2. The molecule has 45 heavy (non-hydrogen) atoms. The third-order valence-corrected chi connectivity index (χ3v) is 8.41. The molecule has 0 aliphatic carbocycles. The summed E-state index contributed by atoms with van der Waals surface area (Å²) in [6.45, 7) is 1.47. The molecule has 0 heterocycles. The Balaban J connectivity index is 1.41. The second-order valence-corrected chi connectivity index (χ2v) is 11.5. The summed E-state index contributed by atoms with van der Waals surface area (Å²) in [5, 5.41) is 11.6. The largest absolute Gasteiger partial charge is 0.493 e. The van der Waals surface area contributed by atoms with Crippen LogP contribution in [-0.2, 0) is 12.8 Å². The Bertz CT molecular complexity index is 1730. The molecular formula is C38H43N3O4. The Hall–Kier alpha value is -4.59. The van der Waals surface area contributed by atoms with Gasteiger partial charge >= 0.3 is 0 Å². The fourth-order valence-electron chi connectivity index (χ4n) is 6.05. The standard InChI is InChI=1S/C38H43N3O4/c1-39-24-34(21-27-15-17-29-11-7-9-13-31(29)19-27)41(2)25-33(20-26-14-16-28-10-6-8-12-30(28)18-26)40-38(42)32-22-35(43-3)37(45-5)36(23-32)44-4/h6-19,22-23,33-34,39H,20-21,24-25H2,1-5H3,(H,40,42)/t33-,34+/m0/s1. The highest BCUT2D eigenvalue weighted by Gasteiger charge is 2.23. The molecule has 0 saturated carbocycles. The first kappa shape index (κ1) is 31.8. The predicted octanol–water partition coefficient (Wildman–Crippen LogP) is 6.12. The Kier molecular flexibility index (Phi) is 10.6. The molecule has 0 aliphatic heterocycles. The van der Waals surface area contributed by atoms with Crippen LogP contribution in [0, 0.1) is 0 Å². The molecule has 5 rings (SSSR count). The number of fused-ring (bicyclic) bond motifs is 2. The summed E-state index contributed by atoms with van der Waals surface area (Å²) in [5.74, 6) is 1.13. The molecule has 0 radical (unpaired) electrons. The van der Waals surface area contributed by atoms with E-state index in [9.17, 15) is 4.79 Å². The summed E-state index contributed by atoms with van der Waals surface area (Å²) in [6.07, 6.45) is 1.55. The lowest BCUT2D eigenvalue weighted by Gasteiger charge is -2.32. The van der Waals surface area contributed by atoms with E-state index >= 15 is 0 Å². The van der Waals surface area contributed by atoms with E-state index in [1.807, 2.05) is 7.05 Å². The minimum Gasteiger partial charge on any atom is -0.493 e. The van der Waals surface area contributed by atoms with Crippen LogP contribution in [0.25, 0.3) is 21.5 Å². The van der Waals surface area contributed by atoms with Crippen LogP contribution < -0.4 is 24.8 Å². The van der Waals surface area contributed by atoms with Crippen molar-refractivity contribution in [3.05, 3.63) is 114 Å². The zero-order valence-corrected chi connectivity index (χ0v) is 26.8. The average molecular weight is 606 g/mol. The van der Waals surface area contributed by atoms with Gasteiger partial charge in [0.1, 0.15) is 0 Å². The average Bonchev–Trinajstić information content (AvgIpc) is 3.07. The van der Waals surface area contributed by atoms with Crippen LogP contribution >= 0.6 is 0 Å². The van der Waals surface area contributed by atoms with Gasteiger partial charge in [-0.1, -0.05) is 84.9 Å². The van der Waals surface area contributed by atoms with Crippen molar-refractivity contribution in [2.24, 2.45) is 0 Å². The molecule has 5 aromatic rings. The maximum atomic E-state index is 13.8. The lowest BCUT2D eigenvalue weighted by molar-refractivity contribution is 0.0920. The number of methoxy groups -OCH3 is 3. The number of nitrogens with zero attached hydrogens (tertiary/aromatic N) is 1. The van der Waals surface area contributed by atoms with Gasteiger partial charge in [-0.2, -0.15) is 0 Å². The fraction of sp³-hybridized carbons (Fsp3) is 0.289. The van der Waals surface area contributed by atoms with Gasteiger partial charge in [0.2, 0.25) is 5.75 Å². The first-order valence-corrected chi connectivity index (χ1v) is 15.3. The Morgan fingerprint density at radius 1 is 0.711 bits per heavy atom. The molecule has 2 atom stereocenters. The van der Waals surface area contributed by atoms with Gasteiger partial charge < -0.3 is 24.8 Å². The minimum atomic E-state index is -0.201. The molecule has 234 valence electrons. The molecule has 5 aromatic carbocycles. The van der Waals surface area contributed by atoms with Crippen molar-refractivity contribution < 1.29 is 19.0 Å². The van der Waals surface area contributed by atoms with E-state index in [1.165, 1.54) is 27.1 Å². The molecule has 7 heteroatoms. The molecule has 0 fully saturated rings. The Morgan fingerprint density at radius 3 is 1.76 bits per heavy atom. The van der Waals surface area contributed by atoms with Crippen molar-refractivity contribution in [1.82, 2.24) is 15.5 Å². The Labute approximate surface area is 266 Å². The molecular weight excluding hydrogens is 562 g/mol. The van der Waals surface area contributed by atoms with Crippen LogP contribution in [0.3, 0.4) is 0 Å². The van der Waals surface area contributed by atoms with Gasteiger partial charge in [-0.15, -0.1) is 0 Å². The highest BCUT2D eigenvalue weighted by Crippen LogP contribution is 2.38. The highest BCUT2D eigenvalue weighted by atomic mass is 16.5. The van der Waals surface area contributed by atoms with Gasteiger partial charge in [-0.3, -0.25) is 9.69 Å². The minimum absolute atomic E-state index is 0.168. The summed E-state index contributed by atoms with van der Waals surface area (Å²) < 4.78 is 16.5. The number of rotatable bonds is 14. The number of benzene rings is 5. The van der Waals surface area contributed by atoms with Crippen LogP contribution in [0.2, 0.25) is 0 Å². The molecule has 1 amide bonds. The second kappa shape index (κ2) is 14.9. The van der Waals surface area contributed by atoms with E-state index in [2.05, 4.69) is 108 Å². The first-order valence-electron chi connectivity index (χ1n) is 15.3. The lowest BCUT2D eigenvalue weighted by atomic mass is 9.98. The smallest absolute Gasteiger partial charge is 0.251 e. The van der Waals surface area contributed by atoms with Crippen molar-refractivity contribution >= 4 is 27.5 Å². The van der Waals surface area contributed by atoms with Gasteiger partial charge in [-0.25, -0.2) is 0 Å². The van der Waals surface area contributed by atoms with Crippen molar-refractivity contribution in [3.8, 4) is 17.2 Å². The third-order valence-electron chi connectivity index (χ3n) is 8.41. The van der Waals surface area contributed by atoms with Crippen LogP contribution in [0.5, 0.6) is 17.2 Å².